The van der Waals surface area contributed by atoms with Gasteiger partial charge in [-0.3, -0.25) is 0 Å². The molecule has 0 aliphatic carbocycles. The Morgan fingerprint density at radius 1 is 1.33 bits per heavy atom. The summed E-state index contributed by atoms with van der Waals surface area (Å²) in [7, 11) is 0. The summed E-state index contributed by atoms with van der Waals surface area (Å²) in [5.74, 6) is 1.09. The van der Waals surface area contributed by atoms with E-state index in [4.69, 9.17) is 9.47 Å². The number of hydrogen-bond acceptors (Lipinski definition) is 4. The van der Waals surface area contributed by atoms with E-state index in [1.807, 2.05) is 0 Å². The molecule has 0 amide bonds. The van der Waals surface area contributed by atoms with Crippen molar-refractivity contribution in [1.29, 1.82) is 0 Å². The molecule has 1 aromatic carbocycles. The van der Waals surface area contributed by atoms with Crippen molar-refractivity contribution >= 4 is 11.8 Å². The second-order valence-electron chi connectivity index (χ2n) is 6.28. The number of hydrogen-bond donors (Lipinski definition) is 1. The number of ether oxygens (including phenoxy) is 2. The number of aryl methyl sites for hydroxylation is 1. The lowest BCUT2D eigenvalue weighted by Crippen LogP contribution is -2.44. The molecule has 3 rings (SSSR count). The molecule has 0 aromatic heterocycles. The average molecular weight is 308 g/mol. The molecular weight excluding hydrogens is 284 g/mol. The molecule has 3 atom stereocenters. The molecular formula is C17H24O3S. The molecule has 0 saturated carbocycles. The van der Waals surface area contributed by atoms with Crippen LogP contribution in [0.3, 0.4) is 0 Å². The monoisotopic (exact) mass is 308 g/mol. The minimum atomic E-state index is -0.266. The summed E-state index contributed by atoms with van der Waals surface area (Å²) in [5, 5.41) is 10.5. The van der Waals surface area contributed by atoms with Crippen molar-refractivity contribution < 1.29 is 14.6 Å². The van der Waals surface area contributed by atoms with E-state index in [2.05, 4.69) is 31.2 Å². The van der Waals surface area contributed by atoms with Gasteiger partial charge in [0.15, 0.2) is 0 Å². The smallest absolute Gasteiger partial charge is 0.0940 e. The van der Waals surface area contributed by atoms with Gasteiger partial charge >= 0.3 is 0 Å². The zero-order valence-corrected chi connectivity index (χ0v) is 13.4. The van der Waals surface area contributed by atoms with Gasteiger partial charge in [-0.05, 0) is 37.8 Å². The normalized spacial score (nSPS) is 30.7. The van der Waals surface area contributed by atoms with Crippen LogP contribution in [0.4, 0.5) is 0 Å². The first kappa shape index (κ1) is 15.3. The maximum absolute atomic E-state index is 10.5. The maximum Gasteiger partial charge on any atom is 0.0940 e. The molecule has 3 unspecified atom stereocenters. The largest absolute Gasteiger partial charge is 0.392 e. The molecule has 2 heterocycles. The van der Waals surface area contributed by atoms with Crippen molar-refractivity contribution in [3.05, 3.63) is 29.8 Å². The number of thioether (sulfide) groups is 1. The van der Waals surface area contributed by atoms with E-state index in [-0.39, 0.29) is 11.7 Å². The Morgan fingerprint density at radius 3 is 2.86 bits per heavy atom. The summed E-state index contributed by atoms with van der Waals surface area (Å²) in [6, 6.07) is 8.49. The fraction of sp³-hybridized carbons (Fsp3) is 0.647. The minimum Gasteiger partial charge on any atom is -0.392 e. The third-order valence-corrected chi connectivity index (χ3v) is 5.70. The fourth-order valence-electron chi connectivity index (χ4n) is 3.21. The first-order valence-electron chi connectivity index (χ1n) is 7.76. The molecule has 1 N–H and O–H groups in total. The van der Waals surface area contributed by atoms with E-state index in [1.165, 1.54) is 10.5 Å². The second-order valence-corrected chi connectivity index (χ2v) is 7.37. The average Bonchev–Trinajstić information content (AvgIpc) is 2.94. The van der Waals surface area contributed by atoms with Crippen LogP contribution in [0.1, 0.15) is 24.8 Å². The molecule has 2 aliphatic heterocycles. The molecule has 0 bridgehead atoms. The summed E-state index contributed by atoms with van der Waals surface area (Å²) in [6.45, 7) is 4.33. The molecule has 1 spiro atoms. The number of aliphatic hydroxyl groups is 1. The van der Waals surface area contributed by atoms with E-state index in [9.17, 15) is 5.11 Å². The maximum atomic E-state index is 10.5. The van der Waals surface area contributed by atoms with Gasteiger partial charge in [-0.15, -0.1) is 11.8 Å². The molecule has 1 aromatic rings. The van der Waals surface area contributed by atoms with Crippen LogP contribution in [0.15, 0.2) is 29.2 Å². The van der Waals surface area contributed by atoms with E-state index < -0.39 is 0 Å². The lowest BCUT2D eigenvalue weighted by molar-refractivity contribution is -0.113. The van der Waals surface area contributed by atoms with Crippen LogP contribution in [0, 0.1) is 12.8 Å². The highest BCUT2D eigenvalue weighted by molar-refractivity contribution is 7.99. The molecule has 2 saturated heterocycles. The summed E-state index contributed by atoms with van der Waals surface area (Å²) in [5.41, 5.74) is 1.16. The fourth-order valence-corrected chi connectivity index (χ4v) is 4.17. The Morgan fingerprint density at radius 2 is 2.14 bits per heavy atom. The number of benzene rings is 1. The highest BCUT2D eigenvalue weighted by Crippen LogP contribution is 2.38. The molecule has 0 radical (unpaired) electrons. The van der Waals surface area contributed by atoms with Crippen molar-refractivity contribution in [1.82, 2.24) is 0 Å². The zero-order valence-electron chi connectivity index (χ0n) is 12.6. The van der Waals surface area contributed by atoms with Crippen molar-refractivity contribution in [3.8, 4) is 0 Å². The van der Waals surface area contributed by atoms with Crippen LogP contribution in [0.2, 0.25) is 0 Å². The first-order chi connectivity index (χ1) is 10.2. The molecule has 2 fully saturated rings. The van der Waals surface area contributed by atoms with Crippen LogP contribution in [0.5, 0.6) is 0 Å². The molecule has 3 nitrogen and oxygen atoms in total. The van der Waals surface area contributed by atoms with Gasteiger partial charge < -0.3 is 14.6 Å². The topological polar surface area (TPSA) is 38.7 Å². The lowest BCUT2D eigenvalue weighted by atomic mass is 9.82. The SMILES string of the molecule is Cc1ccc(SCC(O)C2CCOC3(CCOC3)C2)cc1. The van der Waals surface area contributed by atoms with Gasteiger partial charge in [0.2, 0.25) is 0 Å². The standard InChI is InChI=1S/C17H24O3S/c1-13-2-4-15(5-3-13)21-11-16(18)14-6-8-20-17(10-14)7-9-19-12-17/h2-5,14,16,18H,6-12H2,1H3. The predicted molar refractivity (Wildman–Crippen MR) is 84.8 cm³/mol. The van der Waals surface area contributed by atoms with Gasteiger partial charge in [-0.1, -0.05) is 17.7 Å². The van der Waals surface area contributed by atoms with E-state index in [1.54, 1.807) is 11.8 Å². The molecule has 21 heavy (non-hydrogen) atoms. The van der Waals surface area contributed by atoms with Gasteiger partial charge in [0.1, 0.15) is 0 Å². The van der Waals surface area contributed by atoms with Crippen molar-refractivity contribution in [2.45, 2.75) is 42.8 Å². The second kappa shape index (κ2) is 6.69. The van der Waals surface area contributed by atoms with Gasteiger partial charge in [0.25, 0.3) is 0 Å². The van der Waals surface area contributed by atoms with Crippen LogP contribution < -0.4 is 0 Å². The van der Waals surface area contributed by atoms with E-state index in [0.717, 1.165) is 38.2 Å². The van der Waals surface area contributed by atoms with Gasteiger partial charge in [0, 0.05) is 30.3 Å². The Hall–Kier alpha value is -0.550. The molecule has 4 heteroatoms. The summed E-state index contributed by atoms with van der Waals surface area (Å²) < 4.78 is 11.4. The van der Waals surface area contributed by atoms with Crippen molar-refractivity contribution in [2.75, 3.05) is 25.6 Å². The minimum absolute atomic E-state index is 0.113. The van der Waals surface area contributed by atoms with Crippen LogP contribution >= 0.6 is 11.8 Å². The van der Waals surface area contributed by atoms with Crippen LogP contribution in [0.25, 0.3) is 0 Å². The zero-order chi connectivity index (χ0) is 14.7. The van der Waals surface area contributed by atoms with Crippen molar-refractivity contribution in [2.24, 2.45) is 5.92 Å². The highest BCUT2D eigenvalue weighted by Gasteiger charge is 2.42. The Bertz CT molecular complexity index is 454. The Kier molecular flexibility index (Phi) is 4.89. The van der Waals surface area contributed by atoms with Gasteiger partial charge in [-0.25, -0.2) is 0 Å². The van der Waals surface area contributed by atoms with Crippen LogP contribution in [-0.4, -0.2) is 42.4 Å². The van der Waals surface area contributed by atoms with Gasteiger partial charge in [-0.2, -0.15) is 0 Å². The van der Waals surface area contributed by atoms with Crippen LogP contribution in [-0.2, 0) is 9.47 Å². The number of rotatable bonds is 4. The lowest BCUT2D eigenvalue weighted by Gasteiger charge is -2.38. The highest BCUT2D eigenvalue weighted by atomic mass is 32.2. The quantitative estimate of drug-likeness (QED) is 0.868. The van der Waals surface area contributed by atoms with Gasteiger partial charge in [0.05, 0.1) is 18.3 Å². The third-order valence-electron chi connectivity index (χ3n) is 4.58. The Labute approximate surface area is 131 Å². The molecule has 116 valence electrons. The molecule has 2 aliphatic rings. The van der Waals surface area contributed by atoms with E-state index >= 15 is 0 Å². The number of aliphatic hydroxyl groups excluding tert-OH is 1. The summed E-state index contributed by atoms with van der Waals surface area (Å²) in [6.07, 6.45) is 2.60. The first-order valence-corrected chi connectivity index (χ1v) is 8.75. The summed E-state index contributed by atoms with van der Waals surface area (Å²) >= 11 is 1.74. The third kappa shape index (κ3) is 3.81. The predicted octanol–water partition coefficient (Wildman–Crippen LogP) is 3.03. The van der Waals surface area contributed by atoms with Crippen molar-refractivity contribution in [3.63, 3.8) is 0 Å². The van der Waals surface area contributed by atoms with E-state index in [0.29, 0.717) is 12.5 Å². The Balaban J connectivity index is 1.52. The summed E-state index contributed by atoms with van der Waals surface area (Å²) in [4.78, 5) is 1.23.